The van der Waals surface area contributed by atoms with Crippen LogP contribution in [-0.4, -0.2) is 5.78 Å². The van der Waals surface area contributed by atoms with Gasteiger partial charge in [0.25, 0.3) is 0 Å². The molecule has 2 aromatic rings. The zero-order valence-electron chi connectivity index (χ0n) is 11.6. The molecule has 2 rings (SSSR count). The lowest BCUT2D eigenvalue weighted by atomic mass is 9.89. The van der Waals surface area contributed by atoms with Crippen LogP contribution in [0, 0.1) is 6.92 Å². The highest BCUT2D eigenvalue weighted by molar-refractivity contribution is 5.96. The second-order valence-electron chi connectivity index (χ2n) is 5.01. The first kappa shape index (κ1) is 13.5. The van der Waals surface area contributed by atoms with Crippen molar-refractivity contribution >= 4 is 5.78 Å². The van der Waals surface area contributed by atoms with Gasteiger partial charge in [0.15, 0.2) is 5.78 Å². The average Bonchev–Trinajstić information content (AvgIpc) is 2.46. The Hall–Kier alpha value is -1.89. The summed E-state index contributed by atoms with van der Waals surface area (Å²) in [5, 5.41) is 0. The summed E-state index contributed by atoms with van der Waals surface area (Å²) in [6.45, 7) is 4.22. The average molecular weight is 252 g/mol. The van der Waals surface area contributed by atoms with Gasteiger partial charge in [-0.3, -0.25) is 4.79 Å². The van der Waals surface area contributed by atoms with Gasteiger partial charge in [-0.15, -0.1) is 0 Å². The fraction of sp³-hybridized carbons (Fsp3) is 0.278. The predicted molar refractivity (Wildman–Crippen MR) is 79.6 cm³/mol. The Balaban J connectivity index is 2.11. The van der Waals surface area contributed by atoms with Gasteiger partial charge in [0.1, 0.15) is 0 Å². The van der Waals surface area contributed by atoms with Crippen LogP contribution in [0.15, 0.2) is 54.6 Å². The number of carbonyl (C=O) groups is 1. The number of Topliss-reactive ketones (excluding diaryl/α,β-unsaturated/α-hetero) is 1. The van der Waals surface area contributed by atoms with E-state index in [9.17, 15) is 4.79 Å². The normalized spacial score (nSPS) is 12.1. The molecule has 0 aliphatic rings. The van der Waals surface area contributed by atoms with Crippen molar-refractivity contribution in [2.45, 2.75) is 32.6 Å². The van der Waals surface area contributed by atoms with E-state index in [-0.39, 0.29) is 5.78 Å². The van der Waals surface area contributed by atoms with E-state index in [4.69, 9.17) is 0 Å². The number of rotatable bonds is 5. The predicted octanol–water partition coefficient (Wildman–Crippen LogP) is 4.76. The Bertz CT molecular complexity index is 525. The van der Waals surface area contributed by atoms with Gasteiger partial charge in [0, 0.05) is 12.0 Å². The summed E-state index contributed by atoms with van der Waals surface area (Å²) >= 11 is 0. The molecule has 1 nitrogen and oxygen atoms in total. The van der Waals surface area contributed by atoms with Crippen LogP contribution < -0.4 is 0 Å². The Morgan fingerprint density at radius 2 is 1.63 bits per heavy atom. The molecular weight excluding hydrogens is 232 g/mol. The van der Waals surface area contributed by atoms with Crippen LogP contribution in [-0.2, 0) is 0 Å². The summed E-state index contributed by atoms with van der Waals surface area (Å²) in [5.74, 6) is 0.543. The summed E-state index contributed by atoms with van der Waals surface area (Å²) in [6.07, 6.45) is 1.57. The van der Waals surface area contributed by atoms with Crippen LogP contribution in [0.4, 0.5) is 0 Å². The van der Waals surface area contributed by atoms with E-state index in [1.807, 2.05) is 30.3 Å². The van der Waals surface area contributed by atoms with E-state index in [1.54, 1.807) is 0 Å². The minimum absolute atomic E-state index is 0.230. The quantitative estimate of drug-likeness (QED) is 0.701. The maximum Gasteiger partial charge on any atom is 0.163 e. The number of carbonyl (C=O) groups excluding carboxylic acids is 1. The highest BCUT2D eigenvalue weighted by Gasteiger charge is 2.15. The Labute approximate surface area is 115 Å². The minimum Gasteiger partial charge on any atom is -0.294 e. The third-order valence-electron chi connectivity index (χ3n) is 3.57. The maximum absolute atomic E-state index is 12.3. The van der Waals surface area contributed by atoms with E-state index in [0.717, 1.165) is 12.0 Å². The standard InChI is InChI=1S/C18H20O/c1-3-15(16-11-9-14(2)10-12-16)13-18(19)17-7-5-4-6-8-17/h4-12,15H,3,13H2,1-2H3/t15-/m0/s1. The molecule has 98 valence electrons. The van der Waals surface area contributed by atoms with Crippen molar-refractivity contribution in [1.29, 1.82) is 0 Å². The van der Waals surface area contributed by atoms with E-state index < -0.39 is 0 Å². The van der Waals surface area contributed by atoms with E-state index in [1.165, 1.54) is 11.1 Å². The lowest BCUT2D eigenvalue weighted by Gasteiger charge is -2.15. The second kappa shape index (κ2) is 6.33. The van der Waals surface area contributed by atoms with Crippen molar-refractivity contribution in [1.82, 2.24) is 0 Å². The fourth-order valence-electron chi connectivity index (χ4n) is 2.30. The molecule has 0 radical (unpaired) electrons. The number of aryl methyl sites for hydroxylation is 1. The molecule has 1 heteroatoms. The molecule has 0 N–H and O–H groups in total. The molecule has 0 saturated carbocycles. The number of hydrogen-bond acceptors (Lipinski definition) is 1. The molecule has 0 heterocycles. The van der Waals surface area contributed by atoms with Crippen molar-refractivity contribution in [3.63, 3.8) is 0 Å². The zero-order valence-corrected chi connectivity index (χ0v) is 11.6. The monoisotopic (exact) mass is 252 g/mol. The van der Waals surface area contributed by atoms with Gasteiger partial charge < -0.3 is 0 Å². The molecule has 0 aromatic heterocycles. The summed E-state index contributed by atoms with van der Waals surface area (Å²) in [6, 6.07) is 18.1. The zero-order chi connectivity index (χ0) is 13.7. The van der Waals surface area contributed by atoms with Crippen LogP contribution in [0.25, 0.3) is 0 Å². The Morgan fingerprint density at radius 3 is 2.21 bits per heavy atom. The van der Waals surface area contributed by atoms with Gasteiger partial charge in [0.2, 0.25) is 0 Å². The SMILES string of the molecule is CC[C@@H](CC(=O)c1ccccc1)c1ccc(C)cc1. The summed E-state index contributed by atoms with van der Waals surface area (Å²) in [5.41, 5.74) is 3.33. The second-order valence-corrected chi connectivity index (χ2v) is 5.01. The Morgan fingerprint density at radius 1 is 1.00 bits per heavy atom. The van der Waals surface area contributed by atoms with Crippen LogP contribution in [0.3, 0.4) is 0 Å². The topological polar surface area (TPSA) is 17.1 Å². The summed E-state index contributed by atoms with van der Waals surface area (Å²) < 4.78 is 0. The van der Waals surface area contributed by atoms with Gasteiger partial charge in [-0.05, 0) is 24.8 Å². The molecule has 0 saturated heterocycles. The molecule has 0 bridgehead atoms. The number of ketones is 1. The van der Waals surface area contributed by atoms with Gasteiger partial charge >= 0.3 is 0 Å². The largest absolute Gasteiger partial charge is 0.294 e. The van der Waals surface area contributed by atoms with Crippen LogP contribution in [0.5, 0.6) is 0 Å². The van der Waals surface area contributed by atoms with Crippen LogP contribution >= 0.6 is 0 Å². The van der Waals surface area contributed by atoms with E-state index in [2.05, 4.69) is 38.1 Å². The lowest BCUT2D eigenvalue weighted by Crippen LogP contribution is -2.07. The highest BCUT2D eigenvalue weighted by Crippen LogP contribution is 2.25. The molecule has 0 spiro atoms. The molecule has 0 unspecified atom stereocenters. The smallest absolute Gasteiger partial charge is 0.163 e. The molecule has 0 aliphatic carbocycles. The minimum atomic E-state index is 0.230. The first-order valence-corrected chi connectivity index (χ1v) is 6.85. The van der Waals surface area contributed by atoms with E-state index in [0.29, 0.717) is 12.3 Å². The third-order valence-corrected chi connectivity index (χ3v) is 3.57. The third kappa shape index (κ3) is 3.54. The van der Waals surface area contributed by atoms with Gasteiger partial charge in [0.05, 0.1) is 0 Å². The molecular formula is C18H20O. The molecule has 19 heavy (non-hydrogen) atoms. The fourth-order valence-corrected chi connectivity index (χ4v) is 2.30. The summed E-state index contributed by atoms with van der Waals surface area (Å²) in [4.78, 5) is 12.3. The van der Waals surface area contributed by atoms with Crippen molar-refractivity contribution in [2.24, 2.45) is 0 Å². The van der Waals surface area contributed by atoms with Gasteiger partial charge in [-0.25, -0.2) is 0 Å². The lowest BCUT2D eigenvalue weighted by molar-refractivity contribution is 0.0973. The summed E-state index contributed by atoms with van der Waals surface area (Å²) in [7, 11) is 0. The van der Waals surface area contributed by atoms with Crippen molar-refractivity contribution in [3.8, 4) is 0 Å². The molecule has 1 atom stereocenters. The van der Waals surface area contributed by atoms with Crippen molar-refractivity contribution < 1.29 is 4.79 Å². The first-order chi connectivity index (χ1) is 9.20. The van der Waals surface area contributed by atoms with Crippen LogP contribution in [0.1, 0.15) is 47.2 Å². The molecule has 2 aromatic carbocycles. The number of benzene rings is 2. The number of hydrogen-bond donors (Lipinski definition) is 0. The van der Waals surface area contributed by atoms with Crippen molar-refractivity contribution in [2.75, 3.05) is 0 Å². The van der Waals surface area contributed by atoms with Gasteiger partial charge in [-0.1, -0.05) is 67.1 Å². The van der Waals surface area contributed by atoms with Crippen LogP contribution in [0.2, 0.25) is 0 Å². The molecule has 0 fully saturated rings. The van der Waals surface area contributed by atoms with Crippen molar-refractivity contribution in [3.05, 3.63) is 71.3 Å². The highest BCUT2D eigenvalue weighted by atomic mass is 16.1. The molecule has 0 aliphatic heterocycles. The maximum atomic E-state index is 12.3. The Kier molecular flexibility index (Phi) is 4.51. The first-order valence-electron chi connectivity index (χ1n) is 6.85. The molecule has 0 amide bonds. The van der Waals surface area contributed by atoms with E-state index >= 15 is 0 Å². The van der Waals surface area contributed by atoms with Gasteiger partial charge in [-0.2, -0.15) is 0 Å².